The number of benzene rings is 1. The van der Waals surface area contributed by atoms with Gasteiger partial charge in [0.2, 0.25) is 0 Å². The van der Waals surface area contributed by atoms with E-state index in [2.05, 4.69) is 9.36 Å². The molecule has 6 heteroatoms. The fourth-order valence-electron chi connectivity index (χ4n) is 1.30. The number of hydrogen-bond donors (Lipinski definition) is 1. The van der Waals surface area contributed by atoms with E-state index >= 15 is 0 Å². The highest BCUT2D eigenvalue weighted by molar-refractivity contribution is 8.01. The minimum atomic E-state index is -0.0680. The Hall–Kier alpha value is -0.620. The summed E-state index contributed by atoms with van der Waals surface area (Å²) in [6.07, 6.45) is 0.833. The van der Waals surface area contributed by atoms with Gasteiger partial charge in [-0.25, -0.2) is 4.98 Å². The molecule has 0 aliphatic heterocycles. The first-order valence-electron chi connectivity index (χ1n) is 5.13. The number of hydrogen-bond acceptors (Lipinski definition) is 5. The molecule has 90 valence electrons. The highest BCUT2D eigenvalue weighted by Crippen LogP contribution is 2.34. The van der Waals surface area contributed by atoms with E-state index in [1.54, 1.807) is 6.07 Å². The summed E-state index contributed by atoms with van der Waals surface area (Å²) in [6.45, 7) is 1.95. The number of aryl methyl sites for hydroxylation is 1. The highest BCUT2D eigenvalue weighted by Gasteiger charge is 2.10. The first-order valence-corrected chi connectivity index (χ1v) is 7.10. The lowest BCUT2D eigenvalue weighted by atomic mass is 10.2. The molecular formula is C11H11ClN2OS2. The molecule has 0 amide bonds. The number of halogens is 1. The van der Waals surface area contributed by atoms with Crippen molar-refractivity contribution in [3.8, 4) is 0 Å². The smallest absolute Gasteiger partial charge is 0.174 e. The Bertz CT molecular complexity index is 516. The van der Waals surface area contributed by atoms with Crippen LogP contribution in [0.25, 0.3) is 0 Å². The predicted molar refractivity (Wildman–Crippen MR) is 70.8 cm³/mol. The normalized spacial score (nSPS) is 10.8. The SMILES string of the molecule is CCc1nsc(Sc2cccc(Cl)c2CO)n1. The first-order chi connectivity index (χ1) is 8.24. The van der Waals surface area contributed by atoms with Crippen LogP contribution in [0.4, 0.5) is 0 Å². The summed E-state index contributed by atoms with van der Waals surface area (Å²) < 4.78 is 5.10. The van der Waals surface area contributed by atoms with Gasteiger partial charge in [0.25, 0.3) is 0 Å². The lowest BCUT2D eigenvalue weighted by Crippen LogP contribution is -1.89. The van der Waals surface area contributed by atoms with Crippen molar-refractivity contribution in [2.75, 3.05) is 0 Å². The summed E-state index contributed by atoms with van der Waals surface area (Å²) in [7, 11) is 0. The first kappa shape index (κ1) is 12.8. The Morgan fingerprint density at radius 1 is 1.47 bits per heavy atom. The van der Waals surface area contributed by atoms with Crippen LogP contribution >= 0.6 is 34.9 Å². The molecule has 0 aliphatic rings. The van der Waals surface area contributed by atoms with Crippen LogP contribution in [-0.2, 0) is 13.0 Å². The fourth-order valence-corrected chi connectivity index (χ4v) is 3.41. The monoisotopic (exact) mass is 286 g/mol. The maximum absolute atomic E-state index is 9.30. The lowest BCUT2D eigenvalue weighted by Gasteiger charge is -2.06. The summed E-state index contributed by atoms with van der Waals surface area (Å²) in [5.41, 5.74) is 0.743. The Balaban J connectivity index is 2.26. The molecule has 1 heterocycles. The van der Waals surface area contributed by atoms with Gasteiger partial charge in [-0.05, 0) is 23.7 Å². The van der Waals surface area contributed by atoms with E-state index in [1.807, 2.05) is 19.1 Å². The van der Waals surface area contributed by atoms with Crippen LogP contribution in [0.5, 0.6) is 0 Å². The average molecular weight is 287 g/mol. The molecule has 17 heavy (non-hydrogen) atoms. The maximum atomic E-state index is 9.30. The van der Waals surface area contributed by atoms with Crippen LogP contribution in [0, 0.1) is 0 Å². The molecule has 0 aliphatic carbocycles. The molecule has 2 aromatic rings. The molecule has 0 saturated heterocycles. The lowest BCUT2D eigenvalue weighted by molar-refractivity contribution is 0.279. The molecule has 2 rings (SSSR count). The molecule has 0 saturated carbocycles. The fraction of sp³-hybridized carbons (Fsp3) is 0.273. The summed E-state index contributed by atoms with van der Waals surface area (Å²) in [6, 6.07) is 5.56. The van der Waals surface area contributed by atoms with Crippen molar-refractivity contribution >= 4 is 34.9 Å². The number of rotatable bonds is 4. The summed E-state index contributed by atoms with van der Waals surface area (Å²) in [4.78, 5) is 5.30. The van der Waals surface area contributed by atoms with E-state index in [1.165, 1.54) is 23.3 Å². The number of aromatic nitrogens is 2. The minimum absolute atomic E-state index is 0.0680. The molecule has 0 bridgehead atoms. The van der Waals surface area contributed by atoms with Crippen molar-refractivity contribution in [3.05, 3.63) is 34.6 Å². The van der Waals surface area contributed by atoms with Gasteiger partial charge in [-0.1, -0.05) is 36.4 Å². The summed E-state index contributed by atoms with van der Waals surface area (Å²) >= 11 is 8.88. The molecule has 0 fully saturated rings. The summed E-state index contributed by atoms with van der Waals surface area (Å²) in [5, 5.41) is 9.88. The number of aliphatic hydroxyl groups is 1. The molecule has 0 radical (unpaired) electrons. The summed E-state index contributed by atoms with van der Waals surface area (Å²) in [5.74, 6) is 0.852. The van der Waals surface area contributed by atoms with Crippen LogP contribution in [0.3, 0.4) is 0 Å². The molecule has 0 atom stereocenters. The van der Waals surface area contributed by atoms with E-state index in [0.717, 1.165) is 27.0 Å². The maximum Gasteiger partial charge on any atom is 0.174 e. The standard InChI is InChI=1S/C11H11ClN2OS2/c1-2-10-13-11(17-14-10)16-9-5-3-4-8(12)7(9)6-15/h3-5,15H,2,6H2,1H3. The van der Waals surface area contributed by atoms with Crippen molar-refractivity contribution in [1.29, 1.82) is 0 Å². The van der Waals surface area contributed by atoms with Gasteiger partial charge in [0.1, 0.15) is 5.82 Å². The van der Waals surface area contributed by atoms with E-state index in [9.17, 15) is 5.11 Å². The topological polar surface area (TPSA) is 46.0 Å². The van der Waals surface area contributed by atoms with Gasteiger partial charge in [0.15, 0.2) is 4.34 Å². The van der Waals surface area contributed by atoms with Crippen molar-refractivity contribution in [3.63, 3.8) is 0 Å². The van der Waals surface area contributed by atoms with Gasteiger partial charge >= 0.3 is 0 Å². The zero-order valence-corrected chi connectivity index (χ0v) is 11.6. The van der Waals surface area contributed by atoms with Crippen LogP contribution in [0.1, 0.15) is 18.3 Å². The second kappa shape index (κ2) is 5.82. The highest BCUT2D eigenvalue weighted by atomic mass is 35.5. The zero-order chi connectivity index (χ0) is 12.3. The molecule has 1 aromatic carbocycles. The van der Waals surface area contributed by atoms with E-state index in [0.29, 0.717) is 5.02 Å². The average Bonchev–Trinajstić information content (AvgIpc) is 2.77. The van der Waals surface area contributed by atoms with Crippen molar-refractivity contribution < 1.29 is 5.11 Å². The second-order valence-electron chi connectivity index (χ2n) is 3.31. The largest absolute Gasteiger partial charge is 0.392 e. The van der Waals surface area contributed by atoms with Gasteiger partial charge < -0.3 is 5.11 Å². The molecular weight excluding hydrogens is 276 g/mol. The molecule has 0 unspecified atom stereocenters. The Morgan fingerprint density at radius 3 is 2.94 bits per heavy atom. The van der Waals surface area contributed by atoms with Gasteiger partial charge in [-0.15, -0.1) is 0 Å². The van der Waals surface area contributed by atoms with Gasteiger partial charge in [0, 0.05) is 21.9 Å². The Morgan fingerprint density at radius 2 is 2.29 bits per heavy atom. The zero-order valence-electron chi connectivity index (χ0n) is 9.18. The second-order valence-corrected chi connectivity index (χ2v) is 5.75. The molecule has 0 spiro atoms. The quantitative estimate of drug-likeness (QED) is 0.936. The van der Waals surface area contributed by atoms with E-state index < -0.39 is 0 Å². The third-order valence-corrected chi connectivity index (χ3v) is 4.44. The van der Waals surface area contributed by atoms with Gasteiger partial charge in [0.05, 0.1) is 6.61 Å². The third kappa shape index (κ3) is 2.98. The van der Waals surface area contributed by atoms with Crippen molar-refractivity contribution in [1.82, 2.24) is 9.36 Å². The molecule has 1 aromatic heterocycles. The number of aliphatic hydroxyl groups excluding tert-OH is 1. The van der Waals surface area contributed by atoms with Gasteiger partial charge in [-0.3, -0.25) is 0 Å². The van der Waals surface area contributed by atoms with E-state index in [-0.39, 0.29) is 6.61 Å². The molecule has 1 N–H and O–H groups in total. The van der Waals surface area contributed by atoms with Crippen LogP contribution in [0.15, 0.2) is 27.4 Å². The third-order valence-electron chi connectivity index (χ3n) is 2.20. The Kier molecular flexibility index (Phi) is 4.39. The Labute approximate surface area is 113 Å². The molecule has 3 nitrogen and oxygen atoms in total. The number of nitrogens with zero attached hydrogens (tertiary/aromatic N) is 2. The van der Waals surface area contributed by atoms with Crippen LogP contribution in [0.2, 0.25) is 5.02 Å². The van der Waals surface area contributed by atoms with Crippen LogP contribution < -0.4 is 0 Å². The van der Waals surface area contributed by atoms with Crippen molar-refractivity contribution in [2.24, 2.45) is 0 Å². The predicted octanol–water partition coefficient (Wildman–Crippen LogP) is 3.40. The van der Waals surface area contributed by atoms with E-state index in [4.69, 9.17) is 11.6 Å². The van der Waals surface area contributed by atoms with Crippen molar-refractivity contribution in [2.45, 2.75) is 29.2 Å². The van der Waals surface area contributed by atoms with Crippen LogP contribution in [-0.4, -0.2) is 14.5 Å². The van der Waals surface area contributed by atoms with Gasteiger partial charge in [-0.2, -0.15) is 4.37 Å². The minimum Gasteiger partial charge on any atom is -0.392 e.